The van der Waals surface area contributed by atoms with E-state index in [1.165, 1.54) is 11.3 Å². The lowest BCUT2D eigenvalue weighted by molar-refractivity contribution is -0.131. The molecule has 0 radical (unpaired) electrons. The van der Waals surface area contributed by atoms with Crippen LogP contribution in [0.2, 0.25) is 0 Å². The summed E-state index contributed by atoms with van der Waals surface area (Å²) >= 11 is 1.95. The summed E-state index contributed by atoms with van der Waals surface area (Å²) in [6.07, 6.45) is 3.92. The molecule has 1 fully saturated rings. The number of hydrogen-bond donors (Lipinski definition) is 1. The average Bonchev–Trinajstić information content (AvgIpc) is 2.30. The van der Waals surface area contributed by atoms with Gasteiger partial charge in [-0.15, -0.1) is 0 Å². The maximum absolute atomic E-state index is 12.1. The highest BCUT2D eigenvalue weighted by Crippen LogP contribution is 2.14. The van der Waals surface area contributed by atoms with E-state index in [-0.39, 0.29) is 0 Å². The fourth-order valence-corrected chi connectivity index (χ4v) is 3.16. The van der Waals surface area contributed by atoms with E-state index in [0.29, 0.717) is 18.4 Å². The lowest BCUT2D eigenvalue weighted by atomic mass is 10.1. The van der Waals surface area contributed by atoms with Crippen LogP contribution >= 0.6 is 11.8 Å². The number of nitrogens with one attached hydrogen (secondary N) is 1. The maximum Gasteiger partial charge on any atom is 0.224 e. The highest BCUT2D eigenvalue weighted by Gasteiger charge is 2.21. The Morgan fingerprint density at radius 1 is 1.69 bits per heavy atom. The predicted octanol–water partition coefficient (Wildman–Crippen LogP) is 1.26. The molecule has 1 unspecified atom stereocenters. The largest absolute Gasteiger partial charge is 0.338 e. The molecule has 4 heteroatoms. The SMILES string of the molecule is CC1=CCCN(C(=O)CC2CSCCN2)C1. The Kier molecular flexibility index (Phi) is 4.29. The molecule has 0 bridgehead atoms. The van der Waals surface area contributed by atoms with E-state index in [0.717, 1.165) is 31.8 Å². The fraction of sp³-hybridized carbons (Fsp3) is 0.750. The number of amides is 1. The van der Waals surface area contributed by atoms with Crippen LogP contribution in [-0.2, 0) is 4.79 Å². The minimum Gasteiger partial charge on any atom is -0.338 e. The van der Waals surface area contributed by atoms with Crippen molar-refractivity contribution in [3.8, 4) is 0 Å². The van der Waals surface area contributed by atoms with Gasteiger partial charge >= 0.3 is 0 Å². The van der Waals surface area contributed by atoms with Crippen molar-refractivity contribution in [2.24, 2.45) is 0 Å². The number of carbonyl (C=O) groups excluding carboxylic acids is 1. The predicted molar refractivity (Wildman–Crippen MR) is 68.7 cm³/mol. The Labute approximate surface area is 102 Å². The van der Waals surface area contributed by atoms with Gasteiger partial charge in [0, 0.05) is 43.6 Å². The number of rotatable bonds is 2. The van der Waals surface area contributed by atoms with Gasteiger partial charge in [-0.05, 0) is 13.3 Å². The van der Waals surface area contributed by atoms with E-state index in [9.17, 15) is 4.79 Å². The number of carbonyl (C=O) groups is 1. The van der Waals surface area contributed by atoms with E-state index in [2.05, 4.69) is 18.3 Å². The van der Waals surface area contributed by atoms with Gasteiger partial charge in [-0.3, -0.25) is 4.79 Å². The highest BCUT2D eigenvalue weighted by atomic mass is 32.2. The second-order valence-electron chi connectivity index (χ2n) is 4.58. The Bertz CT molecular complexity index is 285. The highest BCUT2D eigenvalue weighted by molar-refractivity contribution is 7.99. The van der Waals surface area contributed by atoms with Crippen molar-refractivity contribution in [3.63, 3.8) is 0 Å². The van der Waals surface area contributed by atoms with Gasteiger partial charge in [0.25, 0.3) is 0 Å². The first-order valence-corrected chi connectivity index (χ1v) is 7.15. The van der Waals surface area contributed by atoms with E-state index in [1.54, 1.807) is 0 Å². The summed E-state index contributed by atoms with van der Waals surface area (Å²) in [4.78, 5) is 14.1. The molecule has 0 spiro atoms. The monoisotopic (exact) mass is 240 g/mol. The Hall–Kier alpha value is -0.480. The van der Waals surface area contributed by atoms with Gasteiger partial charge in [-0.2, -0.15) is 11.8 Å². The van der Waals surface area contributed by atoms with Crippen LogP contribution in [0, 0.1) is 0 Å². The summed E-state index contributed by atoms with van der Waals surface area (Å²) in [6, 6.07) is 0.387. The molecule has 2 aliphatic rings. The van der Waals surface area contributed by atoms with E-state index in [4.69, 9.17) is 0 Å². The Morgan fingerprint density at radius 3 is 3.25 bits per heavy atom. The zero-order valence-electron chi connectivity index (χ0n) is 9.87. The van der Waals surface area contributed by atoms with Crippen molar-refractivity contribution in [1.29, 1.82) is 0 Å². The topological polar surface area (TPSA) is 32.3 Å². The van der Waals surface area contributed by atoms with Gasteiger partial charge in [-0.1, -0.05) is 11.6 Å². The van der Waals surface area contributed by atoms with Gasteiger partial charge in [0.05, 0.1) is 0 Å². The molecule has 2 heterocycles. The second kappa shape index (κ2) is 5.73. The van der Waals surface area contributed by atoms with Crippen molar-refractivity contribution in [1.82, 2.24) is 10.2 Å². The maximum atomic E-state index is 12.1. The molecule has 2 aliphatic heterocycles. The van der Waals surface area contributed by atoms with Crippen LogP contribution in [-0.4, -0.2) is 48.0 Å². The fourth-order valence-electron chi connectivity index (χ4n) is 2.22. The average molecular weight is 240 g/mol. The molecule has 1 N–H and O–H groups in total. The molecule has 1 saturated heterocycles. The van der Waals surface area contributed by atoms with Crippen LogP contribution in [0.25, 0.3) is 0 Å². The molecular weight excluding hydrogens is 220 g/mol. The lowest BCUT2D eigenvalue weighted by Gasteiger charge is -2.29. The van der Waals surface area contributed by atoms with Gasteiger partial charge in [0.2, 0.25) is 5.91 Å². The smallest absolute Gasteiger partial charge is 0.224 e. The molecular formula is C12H20N2OS. The normalized spacial score (nSPS) is 26.4. The van der Waals surface area contributed by atoms with Crippen molar-refractivity contribution in [3.05, 3.63) is 11.6 Å². The van der Waals surface area contributed by atoms with Crippen molar-refractivity contribution >= 4 is 17.7 Å². The van der Waals surface area contributed by atoms with Gasteiger partial charge in [-0.25, -0.2) is 0 Å². The quantitative estimate of drug-likeness (QED) is 0.738. The summed E-state index contributed by atoms with van der Waals surface area (Å²) in [7, 11) is 0. The first-order chi connectivity index (χ1) is 7.75. The van der Waals surface area contributed by atoms with Crippen molar-refractivity contribution in [2.45, 2.75) is 25.8 Å². The summed E-state index contributed by atoms with van der Waals surface area (Å²) in [5.41, 5.74) is 1.32. The first kappa shape index (κ1) is 12.0. The van der Waals surface area contributed by atoms with Crippen molar-refractivity contribution in [2.75, 3.05) is 31.1 Å². The van der Waals surface area contributed by atoms with Crippen LogP contribution in [0.1, 0.15) is 19.8 Å². The molecule has 0 aromatic carbocycles. The third-order valence-electron chi connectivity index (χ3n) is 3.10. The minimum absolute atomic E-state index is 0.312. The van der Waals surface area contributed by atoms with E-state index in [1.807, 2.05) is 16.7 Å². The third-order valence-corrected chi connectivity index (χ3v) is 4.24. The molecule has 2 rings (SSSR count). The van der Waals surface area contributed by atoms with Gasteiger partial charge < -0.3 is 10.2 Å². The zero-order valence-corrected chi connectivity index (χ0v) is 10.7. The standard InChI is InChI=1S/C12H20N2OS/c1-10-3-2-5-14(8-10)12(15)7-11-9-16-6-4-13-11/h3,11,13H,2,4-9H2,1H3. The molecule has 1 atom stereocenters. The summed E-state index contributed by atoms with van der Waals surface area (Å²) in [6.45, 7) is 4.88. The lowest BCUT2D eigenvalue weighted by Crippen LogP contribution is -2.43. The molecule has 16 heavy (non-hydrogen) atoms. The number of thioether (sulfide) groups is 1. The van der Waals surface area contributed by atoms with Crippen molar-refractivity contribution < 1.29 is 4.79 Å². The van der Waals surface area contributed by atoms with Gasteiger partial charge in [0.15, 0.2) is 0 Å². The summed E-state index contributed by atoms with van der Waals surface area (Å²) in [5.74, 6) is 2.57. The Morgan fingerprint density at radius 2 is 2.56 bits per heavy atom. The number of hydrogen-bond acceptors (Lipinski definition) is 3. The molecule has 0 aromatic rings. The molecule has 90 valence electrons. The van der Waals surface area contributed by atoms with Crippen LogP contribution < -0.4 is 5.32 Å². The molecule has 3 nitrogen and oxygen atoms in total. The summed E-state index contributed by atoms with van der Waals surface area (Å²) in [5, 5.41) is 3.42. The first-order valence-electron chi connectivity index (χ1n) is 6.00. The van der Waals surface area contributed by atoms with Gasteiger partial charge in [0.1, 0.15) is 0 Å². The summed E-state index contributed by atoms with van der Waals surface area (Å²) < 4.78 is 0. The van der Waals surface area contributed by atoms with Crippen LogP contribution in [0.5, 0.6) is 0 Å². The second-order valence-corrected chi connectivity index (χ2v) is 5.73. The van der Waals surface area contributed by atoms with Crippen LogP contribution in [0.4, 0.5) is 0 Å². The van der Waals surface area contributed by atoms with E-state index < -0.39 is 0 Å². The third kappa shape index (κ3) is 3.25. The molecule has 0 aromatic heterocycles. The van der Waals surface area contributed by atoms with Crippen LogP contribution in [0.15, 0.2) is 11.6 Å². The minimum atomic E-state index is 0.312. The van der Waals surface area contributed by atoms with Crippen LogP contribution in [0.3, 0.4) is 0 Å². The molecule has 1 amide bonds. The number of nitrogens with zero attached hydrogens (tertiary/aromatic N) is 1. The molecule has 0 saturated carbocycles. The zero-order chi connectivity index (χ0) is 11.4. The van der Waals surface area contributed by atoms with E-state index >= 15 is 0 Å². The molecule has 0 aliphatic carbocycles. The Balaban J connectivity index is 1.80.